The van der Waals surface area contributed by atoms with Gasteiger partial charge in [-0.1, -0.05) is 6.92 Å². The maximum atomic E-state index is 14.2. The Hall–Kier alpha value is -1.39. The third-order valence-electron chi connectivity index (χ3n) is 4.09. The van der Waals surface area contributed by atoms with Gasteiger partial charge in [0.1, 0.15) is 5.82 Å². The van der Waals surface area contributed by atoms with Gasteiger partial charge in [-0.05, 0) is 37.5 Å². The van der Waals surface area contributed by atoms with Crippen molar-refractivity contribution in [2.45, 2.75) is 26.3 Å². The fourth-order valence-electron chi connectivity index (χ4n) is 3.19. The zero-order chi connectivity index (χ0) is 14.3. The molecule has 1 fully saturated rings. The number of rotatable bonds is 1. The second-order valence-electron chi connectivity index (χ2n) is 5.91. The van der Waals surface area contributed by atoms with E-state index in [2.05, 4.69) is 16.8 Å². The van der Waals surface area contributed by atoms with Crippen molar-refractivity contribution >= 4 is 29.0 Å². The molecule has 1 saturated heterocycles. The Kier molecular flexibility index (Phi) is 4.69. The van der Waals surface area contributed by atoms with Crippen LogP contribution in [0.4, 0.5) is 10.1 Å². The molecule has 1 aromatic carbocycles. The Balaban J connectivity index is 0.00000161. The normalized spacial score (nSPS) is 22.2. The lowest BCUT2D eigenvalue weighted by Crippen LogP contribution is -2.46. The van der Waals surface area contributed by atoms with Crippen molar-refractivity contribution in [3.8, 4) is 0 Å². The number of fused-ring (bicyclic) bond motifs is 1. The number of piperidine rings is 1. The van der Waals surface area contributed by atoms with Crippen LogP contribution in [0.5, 0.6) is 0 Å². The highest BCUT2D eigenvalue weighted by Crippen LogP contribution is 2.32. The Morgan fingerprint density at radius 2 is 2.14 bits per heavy atom. The highest BCUT2D eigenvalue weighted by molar-refractivity contribution is 5.94. The lowest BCUT2D eigenvalue weighted by molar-refractivity contribution is 0.402. The van der Waals surface area contributed by atoms with E-state index in [-0.39, 0.29) is 24.3 Å². The molecule has 0 radical (unpaired) electrons. The molecule has 5 heteroatoms. The van der Waals surface area contributed by atoms with Crippen LogP contribution >= 0.6 is 12.4 Å². The molecular formula is C16H21ClFN3. The summed E-state index contributed by atoms with van der Waals surface area (Å²) in [5, 5.41) is 1.01. The van der Waals surface area contributed by atoms with Crippen LogP contribution in [0, 0.1) is 18.7 Å². The van der Waals surface area contributed by atoms with Crippen LogP contribution in [0.3, 0.4) is 0 Å². The van der Waals surface area contributed by atoms with Crippen LogP contribution in [0.25, 0.3) is 10.9 Å². The first-order chi connectivity index (χ1) is 9.56. The van der Waals surface area contributed by atoms with Gasteiger partial charge in [0.2, 0.25) is 0 Å². The predicted octanol–water partition coefficient (Wildman–Crippen LogP) is 3.28. The van der Waals surface area contributed by atoms with Crippen LogP contribution < -0.4 is 10.6 Å². The quantitative estimate of drug-likeness (QED) is 0.879. The van der Waals surface area contributed by atoms with Crippen LogP contribution in [-0.4, -0.2) is 24.1 Å². The second-order valence-corrected chi connectivity index (χ2v) is 5.91. The summed E-state index contributed by atoms with van der Waals surface area (Å²) in [6.45, 7) is 5.66. The summed E-state index contributed by atoms with van der Waals surface area (Å²) < 4.78 is 14.2. The van der Waals surface area contributed by atoms with Gasteiger partial charge in [0.15, 0.2) is 0 Å². The van der Waals surface area contributed by atoms with Crippen LogP contribution in [0.2, 0.25) is 0 Å². The molecule has 2 N–H and O–H groups in total. The third-order valence-corrected chi connectivity index (χ3v) is 4.09. The number of halogens is 2. The molecule has 1 aliphatic heterocycles. The number of benzene rings is 1. The smallest absolute Gasteiger partial charge is 0.130 e. The summed E-state index contributed by atoms with van der Waals surface area (Å²) in [5.41, 5.74) is 8.38. The lowest BCUT2D eigenvalue weighted by atomic mass is 9.95. The highest BCUT2D eigenvalue weighted by Gasteiger charge is 2.24. The van der Waals surface area contributed by atoms with Gasteiger partial charge in [-0.25, -0.2) is 4.39 Å². The maximum Gasteiger partial charge on any atom is 0.130 e. The van der Waals surface area contributed by atoms with Gasteiger partial charge in [-0.3, -0.25) is 4.98 Å². The first-order valence-corrected chi connectivity index (χ1v) is 7.10. The van der Waals surface area contributed by atoms with Gasteiger partial charge >= 0.3 is 0 Å². The average Bonchev–Trinajstić information content (AvgIpc) is 2.42. The van der Waals surface area contributed by atoms with Gasteiger partial charge in [-0.2, -0.15) is 0 Å². The highest BCUT2D eigenvalue weighted by atomic mass is 35.5. The first kappa shape index (κ1) is 16.0. The number of hydrogen-bond donors (Lipinski definition) is 1. The molecule has 3 nitrogen and oxygen atoms in total. The summed E-state index contributed by atoms with van der Waals surface area (Å²) in [6, 6.07) is 5.69. The van der Waals surface area contributed by atoms with Crippen molar-refractivity contribution in [2.75, 3.05) is 18.0 Å². The van der Waals surface area contributed by atoms with Gasteiger partial charge in [-0.15, -0.1) is 12.4 Å². The number of aryl methyl sites for hydroxylation is 1. The first-order valence-electron chi connectivity index (χ1n) is 7.10. The molecular weight excluding hydrogens is 289 g/mol. The zero-order valence-electron chi connectivity index (χ0n) is 12.3. The molecule has 1 aromatic heterocycles. The van der Waals surface area contributed by atoms with Crippen molar-refractivity contribution < 1.29 is 4.39 Å². The topological polar surface area (TPSA) is 42.1 Å². The van der Waals surface area contributed by atoms with Gasteiger partial charge < -0.3 is 10.6 Å². The number of anilines is 1. The molecule has 3 rings (SSSR count). The van der Waals surface area contributed by atoms with E-state index >= 15 is 0 Å². The monoisotopic (exact) mass is 309 g/mol. The predicted molar refractivity (Wildman–Crippen MR) is 87.7 cm³/mol. The Labute approximate surface area is 130 Å². The number of pyridine rings is 1. The van der Waals surface area contributed by atoms with Crippen molar-refractivity contribution in [1.82, 2.24) is 4.98 Å². The van der Waals surface area contributed by atoms with Crippen molar-refractivity contribution in [1.29, 1.82) is 0 Å². The van der Waals surface area contributed by atoms with E-state index in [0.29, 0.717) is 11.5 Å². The van der Waals surface area contributed by atoms with Crippen molar-refractivity contribution in [3.63, 3.8) is 0 Å². The number of nitrogens with two attached hydrogens (primary N) is 1. The minimum Gasteiger partial charge on any atom is -0.369 e. The molecule has 0 saturated carbocycles. The van der Waals surface area contributed by atoms with E-state index in [0.717, 1.165) is 36.1 Å². The second kappa shape index (κ2) is 6.16. The van der Waals surface area contributed by atoms with E-state index in [1.807, 2.05) is 12.1 Å². The van der Waals surface area contributed by atoms with Crippen LogP contribution in [0.15, 0.2) is 24.4 Å². The summed E-state index contributed by atoms with van der Waals surface area (Å²) >= 11 is 0. The fraction of sp³-hybridized carbons (Fsp3) is 0.438. The zero-order valence-corrected chi connectivity index (χ0v) is 13.2. The van der Waals surface area contributed by atoms with E-state index < -0.39 is 0 Å². The minimum atomic E-state index is -0.196. The standard InChI is InChI=1S/C16H20FN3.ClH/c1-10-6-12(18)9-20(8-10)15-7-14(17)11(2)16-13(15)4-3-5-19-16;/h3-5,7,10,12H,6,8-9,18H2,1-2H3;1H. The molecule has 0 spiro atoms. The van der Waals surface area contributed by atoms with Gasteiger partial charge in [0.05, 0.1) is 5.52 Å². The average molecular weight is 310 g/mol. The van der Waals surface area contributed by atoms with E-state index in [1.165, 1.54) is 0 Å². The van der Waals surface area contributed by atoms with Crippen LogP contribution in [-0.2, 0) is 0 Å². The summed E-state index contributed by atoms with van der Waals surface area (Å²) in [4.78, 5) is 6.54. The lowest BCUT2D eigenvalue weighted by Gasteiger charge is -2.37. The molecule has 1 aliphatic rings. The molecule has 2 atom stereocenters. The molecule has 0 bridgehead atoms. The molecule has 0 aliphatic carbocycles. The molecule has 2 unspecified atom stereocenters. The van der Waals surface area contributed by atoms with Gasteiger partial charge in [0.25, 0.3) is 0 Å². The van der Waals surface area contributed by atoms with Gasteiger partial charge in [0, 0.05) is 42.0 Å². The number of hydrogen-bond acceptors (Lipinski definition) is 3. The van der Waals surface area contributed by atoms with E-state index in [4.69, 9.17) is 5.73 Å². The summed E-state index contributed by atoms with van der Waals surface area (Å²) in [5.74, 6) is 0.327. The molecule has 21 heavy (non-hydrogen) atoms. The van der Waals surface area contributed by atoms with E-state index in [9.17, 15) is 4.39 Å². The summed E-state index contributed by atoms with van der Waals surface area (Å²) in [6.07, 6.45) is 2.74. The molecule has 2 heterocycles. The largest absolute Gasteiger partial charge is 0.369 e. The maximum absolute atomic E-state index is 14.2. The van der Waals surface area contributed by atoms with E-state index in [1.54, 1.807) is 19.2 Å². The molecule has 0 amide bonds. The molecule has 2 aromatic rings. The Morgan fingerprint density at radius 1 is 1.38 bits per heavy atom. The Morgan fingerprint density at radius 3 is 2.86 bits per heavy atom. The number of nitrogens with zero attached hydrogens (tertiary/aromatic N) is 2. The fourth-order valence-corrected chi connectivity index (χ4v) is 3.19. The van der Waals surface area contributed by atoms with Crippen LogP contribution in [0.1, 0.15) is 18.9 Å². The van der Waals surface area contributed by atoms with Crippen molar-refractivity contribution in [3.05, 3.63) is 35.8 Å². The third kappa shape index (κ3) is 2.97. The summed E-state index contributed by atoms with van der Waals surface area (Å²) in [7, 11) is 0. The number of aromatic nitrogens is 1. The minimum absolute atomic E-state index is 0. The SMILES string of the molecule is Cc1c(F)cc(N2CC(C)CC(N)C2)c2cccnc12.Cl. The molecule has 114 valence electrons. The Bertz CT molecular complexity index is 637. The van der Waals surface area contributed by atoms with Crippen molar-refractivity contribution in [2.24, 2.45) is 11.7 Å².